The molecular formula is C17H23NO3. The summed E-state index contributed by atoms with van der Waals surface area (Å²) in [5, 5.41) is 13.3. The van der Waals surface area contributed by atoms with E-state index in [1.807, 2.05) is 38.1 Å². The van der Waals surface area contributed by atoms with Crippen LogP contribution in [0.3, 0.4) is 0 Å². The molecule has 1 fully saturated rings. The average molecular weight is 289 g/mol. The number of hydrogen-bond acceptors (Lipinski definition) is 3. The number of carbonyl (C=O) groups excluding carboxylic acids is 1. The Morgan fingerprint density at radius 3 is 2.62 bits per heavy atom. The molecule has 0 bridgehead atoms. The van der Waals surface area contributed by atoms with E-state index in [1.54, 1.807) is 0 Å². The second kappa shape index (κ2) is 5.43. The number of amides is 1. The van der Waals surface area contributed by atoms with E-state index in [0.29, 0.717) is 6.42 Å². The van der Waals surface area contributed by atoms with Gasteiger partial charge in [0, 0.05) is 6.42 Å². The Kier molecular flexibility index (Phi) is 3.76. The SMILES string of the molecule is CC1OC(C)C(C(=O)NC2c3ccccc3CC2O)C1C. The van der Waals surface area contributed by atoms with Crippen molar-refractivity contribution in [1.82, 2.24) is 5.32 Å². The van der Waals surface area contributed by atoms with Crippen LogP contribution in [0.15, 0.2) is 24.3 Å². The molecule has 3 rings (SSSR count). The van der Waals surface area contributed by atoms with Gasteiger partial charge in [0.05, 0.1) is 30.3 Å². The third-order valence-electron chi connectivity index (χ3n) is 5.05. The number of ether oxygens (including phenoxy) is 1. The van der Waals surface area contributed by atoms with E-state index in [1.165, 1.54) is 0 Å². The summed E-state index contributed by atoms with van der Waals surface area (Å²) < 4.78 is 5.74. The number of fused-ring (bicyclic) bond motifs is 1. The molecular weight excluding hydrogens is 266 g/mol. The summed E-state index contributed by atoms with van der Waals surface area (Å²) in [6, 6.07) is 7.60. The van der Waals surface area contributed by atoms with Crippen LogP contribution in [0.25, 0.3) is 0 Å². The van der Waals surface area contributed by atoms with Crippen LogP contribution < -0.4 is 5.32 Å². The smallest absolute Gasteiger partial charge is 0.226 e. The Morgan fingerprint density at radius 1 is 1.24 bits per heavy atom. The third-order valence-corrected chi connectivity index (χ3v) is 5.05. The minimum absolute atomic E-state index is 0.0138. The summed E-state index contributed by atoms with van der Waals surface area (Å²) in [5.41, 5.74) is 2.15. The standard InChI is InChI=1S/C17H23NO3/c1-9-10(2)21-11(3)15(9)17(20)18-16-13-7-5-4-6-12(13)8-14(16)19/h4-7,9-11,14-16,19H,8H2,1-3H3,(H,18,20). The Bertz CT molecular complexity index is 545. The van der Waals surface area contributed by atoms with Gasteiger partial charge in [0.15, 0.2) is 0 Å². The van der Waals surface area contributed by atoms with E-state index in [0.717, 1.165) is 11.1 Å². The van der Waals surface area contributed by atoms with Gasteiger partial charge in [0.1, 0.15) is 0 Å². The molecule has 114 valence electrons. The summed E-state index contributed by atoms with van der Waals surface area (Å²) in [4.78, 5) is 12.6. The molecule has 1 saturated heterocycles. The van der Waals surface area contributed by atoms with Gasteiger partial charge in [-0.2, -0.15) is 0 Å². The maximum Gasteiger partial charge on any atom is 0.226 e. The number of nitrogens with one attached hydrogen (secondary N) is 1. The van der Waals surface area contributed by atoms with Crippen molar-refractivity contribution < 1.29 is 14.6 Å². The van der Waals surface area contributed by atoms with Crippen LogP contribution >= 0.6 is 0 Å². The molecule has 4 nitrogen and oxygen atoms in total. The van der Waals surface area contributed by atoms with Crippen LogP contribution in [0, 0.1) is 11.8 Å². The van der Waals surface area contributed by atoms with Gasteiger partial charge in [0.2, 0.25) is 5.91 Å². The molecule has 2 aliphatic rings. The van der Waals surface area contributed by atoms with Crippen LogP contribution in [0.4, 0.5) is 0 Å². The summed E-state index contributed by atoms with van der Waals surface area (Å²) in [6.07, 6.45) is 0.0705. The van der Waals surface area contributed by atoms with Crippen molar-refractivity contribution in [3.63, 3.8) is 0 Å². The highest BCUT2D eigenvalue weighted by Crippen LogP contribution is 2.35. The number of carbonyl (C=O) groups is 1. The van der Waals surface area contributed by atoms with Gasteiger partial charge in [-0.3, -0.25) is 4.79 Å². The predicted molar refractivity (Wildman–Crippen MR) is 79.7 cm³/mol. The van der Waals surface area contributed by atoms with E-state index in [4.69, 9.17) is 4.74 Å². The summed E-state index contributed by atoms with van der Waals surface area (Å²) >= 11 is 0. The molecule has 0 radical (unpaired) electrons. The van der Waals surface area contributed by atoms with E-state index < -0.39 is 6.10 Å². The van der Waals surface area contributed by atoms with Crippen LogP contribution in [-0.2, 0) is 16.0 Å². The lowest BCUT2D eigenvalue weighted by molar-refractivity contribution is -0.128. The Balaban J connectivity index is 1.76. The molecule has 1 heterocycles. The fraction of sp³-hybridized carbons (Fsp3) is 0.588. The molecule has 1 amide bonds. The zero-order valence-corrected chi connectivity index (χ0v) is 12.7. The maximum absolute atomic E-state index is 12.6. The molecule has 1 aliphatic heterocycles. The van der Waals surface area contributed by atoms with E-state index in [2.05, 4.69) is 12.2 Å². The first-order valence-corrected chi connectivity index (χ1v) is 7.70. The fourth-order valence-electron chi connectivity index (χ4n) is 3.72. The van der Waals surface area contributed by atoms with Gasteiger partial charge in [-0.1, -0.05) is 31.2 Å². The van der Waals surface area contributed by atoms with Crippen molar-refractivity contribution >= 4 is 5.91 Å². The Labute approximate surface area is 125 Å². The van der Waals surface area contributed by atoms with E-state index in [9.17, 15) is 9.90 Å². The van der Waals surface area contributed by atoms with Crippen LogP contribution in [0.1, 0.15) is 37.9 Å². The molecule has 0 saturated carbocycles. The fourth-order valence-corrected chi connectivity index (χ4v) is 3.72. The molecule has 1 aromatic carbocycles. The highest BCUT2D eigenvalue weighted by atomic mass is 16.5. The van der Waals surface area contributed by atoms with Crippen molar-refractivity contribution in [2.75, 3.05) is 0 Å². The lowest BCUT2D eigenvalue weighted by atomic mass is 9.88. The maximum atomic E-state index is 12.6. The number of aliphatic hydroxyl groups is 1. The second-order valence-corrected chi connectivity index (χ2v) is 6.39. The molecule has 2 N–H and O–H groups in total. The molecule has 21 heavy (non-hydrogen) atoms. The third kappa shape index (κ3) is 2.47. The monoisotopic (exact) mass is 289 g/mol. The molecule has 0 spiro atoms. The molecule has 1 aliphatic carbocycles. The molecule has 1 aromatic rings. The van der Waals surface area contributed by atoms with Crippen molar-refractivity contribution in [2.45, 2.75) is 51.5 Å². The lowest BCUT2D eigenvalue weighted by Crippen LogP contribution is -2.41. The number of aliphatic hydroxyl groups excluding tert-OH is 1. The summed E-state index contributed by atoms with van der Waals surface area (Å²) in [7, 11) is 0. The van der Waals surface area contributed by atoms with Crippen molar-refractivity contribution in [3.05, 3.63) is 35.4 Å². The molecule has 4 heteroatoms. The molecule has 0 aromatic heterocycles. The van der Waals surface area contributed by atoms with Gasteiger partial charge in [0.25, 0.3) is 0 Å². The average Bonchev–Trinajstić information content (AvgIpc) is 2.88. The van der Waals surface area contributed by atoms with Crippen molar-refractivity contribution in [1.29, 1.82) is 0 Å². The van der Waals surface area contributed by atoms with E-state index in [-0.39, 0.29) is 36.0 Å². The first kappa shape index (κ1) is 14.5. The normalized spacial score (nSPS) is 38.3. The second-order valence-electron chi connectivity index (χ2n) is 6.39. The van der Waals surface area contributed by atoms with Crippen molar-refractivity contribution in [3.8, 4) is 0 Å². The van der Waals surface area contributed by atoms with Crippen LogP contribution in [0.5, 0.6) is 0 Å². The number of benzene rings is 1. The zero-order chi connectivity index (χ0) is 15.1. The summed E-state index contributed by atoms with van der Waals surface area (Å²) in [6.45, 7) is 6.01. The molecule has 6 atom stereocenters. The first-order chi connectivity index (χ1) is 9.99. The highest BCUT2D eigenvalue weighted by Gasteiger charge is 2.43. The highest BCUT2D eigenvalue weighted by molar-refractivity contribution is 5.80. The number of hydrogen-bond donors (Lipinski definition) is 2. The predicted octanol–water partition coefficient (Wildman–Crippen LogP) is 1.82. The first-order valence-electron chi connectivity index (χ1n) is 7.70. The quantitative estimate of drug-likeness (QED) is 0.873. The van der Waals surface area contributed by atoms with Crippen LogP contribution in [0.2, 0.25) is 0 Å². The van der Waals surface area contributed by atoms with Gasteiger partial charge in [-0.05, 0) is 30.9 Å². The van der Waals surface area contributed by atoms with Gasteiger partial charge in [-0.25, -0.2) is 0 Å². The van der Waals surface area contributed by atoms with Gasteiger partial charge < -0.3 is 15.2 Å². The topological polar surface area (TPSA) is 58.6 Å². The Hall–Kier alpha value is -1.39. The number of rotatable bonds is 2. The van der Waals surface area contributed by atoms with Gasteiger partial charge >= 0.3 is 0 Å². The summed E-state index contributed by atoms with van der Waals surface area (Å²) in [5.74, 6) is 0.0221. The van der Waals surface area contributed by atoms with Crippen LogP contribution in [-0.4, -0.2) is 29.3 Å². The Morgan fingerprint density at radius 2 is 1.95 bits per heavy atom. The zero-order valence-electron chi connectivity index (χ0n) is 12.7. The van der Waals surface area contributed by atoms with E-state index >= 15 is 0 Å². The minimum Gasteiger partial charge on any atom is -0.390 e. The molecule has 6 unspecified atom stereocenters. The van der Waals surface area contributed by atoms with Gasteiger partial charge in [-0.15, -0.1) is 0 Å². The largest absolute Gasteiger partial charge is 0.390 e. The minimum atomic E-state index is -0.545. The lowest BCUT2D eigenvalue weighted by Gasteiger charge is -2.23. The van der Waals surface area contributed by atoms with Crippen molar-refractivity contribution in [2.24, 2.45) is 11.8 Å².